The van der Waals surface area contributed by atoms with Crippen molar-refractivity contribution in [1.82, 2.24) is 5.32 Å². The lowest BCUT2D eigenvalue weighted by atomic mass is 10.0. The Morgan fingerprint density at radius 3 is 3.33 bits per heavy atom. The summed E-state index contributed by atoms with van der Waals surface area (Å²) in [6.07, 6.45) is 3.86. The molecule has 0 saturated heterocycles. The third-order valence-corrected chi connectivity index (χ3v) is 1.93. The second-order valence-electron chi connectivity index (χ2n) is 2.65. The molecule has 1 aliphatic heterocycles. The van der Waals surface area contributed by atoms with Gasteiger partial charge in [-0.15, -0.1) is 0 Å². The summed E-state index contributed by atoms with van der Waals surface area (Å²) in [5.74, 6) is 0. The van der Waals surface area contributed by atoms with E-state index in [0.717, 1.165) is 5.56 Å². The van der Waals surface area contributed by atoms with Crippen molar-refractivity contribution in [2.45, 2.75) is 6.23 Å². The van der Waals surface area contributed by atoms with Crippen molar-refractivity contribution in [1.29, 1.82) is 0 Å². The molecular weight excluding hydrogens is 150 g/mol. The first kappa shape index (κ1) is 7.37. The Kier molecular flexibility index (Phi) is 1.84. The smallest absolute Gasteiger partial charge is 0.154 e. The molecule has 61 valence electrons. The van der Waals surface area contributed by atoms with Crippen molar-refractivity contribution < 1.29 is 4.74 Å². The molecule has 1 heterocycles. The monoisotopic (exact) mass is 160 g/mol. The Bertz CT molecular complexity index is 306. The molecule has 1 aromatic rings. The van der Waals surface area contributed by atoms with Gasteiger partial charge in [0.2, 0.25) is 0 Å². The molecule has 1 N–H and O–H groups in total. The minimum absolute atomic E-state index is 0.0498. The molecule has 0 spiro atoms. The Hall–Kier alpha value is -1.28. The van der Waals surface area contributed by atoms with E-state index < -0.39 is 0 Å². The van der Waals surface area contributed by atoms with Crippen LogP contribution in [-0.2, 0) is 4.74 Å². The molecule has 0 saturated carbocycles. The Balaban J connectivity index is 2.45. The van der Waals surface area contributed by atoms with E-state index in [0.29, 0.717) is 0 Å². The van der Waals surface area contributed by atoms with Gasteiger partial charge in [-0.05, 0) is 23.9 Å². The van der Waals surface area contributed by atoms with Crippen LogP contribution in [0.4, 0.5) is 0 Å². The number of hydrogen-bond acceptors (Lipinski definition) is 2. The van der Waals surface area contributed by atoms with Gasteiger partial charge < -0.3 is 10.1 Å². The van der Waals surface area contributed by atoms with Crippen LogP contribution in [0, 0.1) is 6.07 Å². The molecule has 1 aliphatic rings. The summed E-state index contributed by atoms with van der Waals surface area (Å²) in [4.78, 5) is 0. The lowest BCUT2D eigenvalue weighted by molar-refractivity contribution is 0.0847. The maximum absolute atomic E-state index is 5.22. The zero-order valence-corrected chi connectivity index (χ0v) is 6.87. The molecule has 2 heteroatoms. The first-order chi connectivity index (χ1) is 5.92. The van der Waals surface area contributed by atoms with E-state index in [1.165, 1.54) is 5.56 Å². The molecule has 0 bridgehead atoms. The molecule has 1 unspecified atom stereocenters. The van der Waals surface area contributed by atoms with Crippen LogP contribution in [0.5, 0.6) is 0 Å². The van der Waals surface area contributed by atoms with Crippen LogP contribution in [-0.4, -0.2) is 7.11 Å². The fourth-order valence-corrected chi connectivity index (χ4v) is 1.33. The van der Waals surface area contributed by atoms with Crippen molar-refractivity contribution in [3.05, 3.63) is 41.6 Å². The number of methoxy groups -OCH3 is 1. The summed E-state index contributed by atoms with van der Waals surface area (Å²) in [6, 6.07) is 9.07. The summed E-state index contributed by atoms with van der Waals surface area (Å²) in [5.41, 5.74) is 2.24. The van der Waals surface area contributed by atoms with Crippen molar-refractivity contribution in [2.24, 2.45) is 0 Å². The maximum atomic E-state index is 5.22. The molecular formula is C10H10NO. The molecule has 0 aliphatic carbocycles. The Morgan fingerprint density at radius 2 is 2.50 bits per heavy atom. The minimum atomic E-state index is -0.0498. The highest BCUT2D eigenvalue weighted by molar-refractivity contribution is 5.55. The van der Waals surface area contributed by atoms with Crippen molar-refractivity contribution >= 4 is 6.08 Å². The standard InChI is InChI=1S/C10H10NO/c1-12-10-9-5-3-2-4-8(9)6-7-11-10/h2-4,6-7,10-11H,1H3. The second-order valence-corrected chi connectivity index (χ2v) is 2.65. The van der Waals surface area contributed by atoms with Crippen LogP contribution < -0.4 is 5.32 Å². The zero-order valence-electron chi connectivity index (χ0n) is 6.87. The fourth-order valence-electron chi connectivity index (χ4n) is 1.33. The summed E-state index contributed by atoms with van der Waals surface area (Å²) in [7, 11) is 1.68. The van der Waals surface area contributed by atoms with Gasteiger partial charge in [-0.3, -0.25) is 0 Å². The number of nitrogens with one attached hydrogen (secondary N) is 1. The van der Waals surface area contributed by atoms with Crippen molar-refractivity contribution in [2.75, 3.05) is 7.11 Å². The number of hydrogen-bond donors (Lipinski definition) is 1. The van der Waals surface area contributed by atoms with Gasteiger partial charge in [0.15, 0.2) is 6.23 Å². The van der Waals surface area contributed by atoms with E-state index in [2.05, 4.69) is 17.4 Å². The maximum Gasteiger partial charge on any atom is 0.154 e. The number of rotatable bonds is 1. The lowest BCUT2D eigenvalue weighted by Crippen LogP contribution is -2.20. The largest absolute Gasteiger partial charge is 0.362 e. The summed E-state index contributed by atoms with van der Waals surface area (Å²) >= 11 is 0. The van der Waals surface area contributed by atoms with E-state index in [9.17, 15) is 0 Å². The summed E-state index contributed by atoms with van der Waals surface area (Å²) < 4.78 is 5.22. The predicted molar refractivity (Wildman–Crippen MR) is 47.2 cm³/mol. The molecule has 1 radical (unpaired) electrons. The third-order valence-electron chi connectivity index (χ3n) is 1.93. The van der Waals surface area contributed by atoms with Crippen LogP contribution in [0.1, 0.15) is 17.4 Å². The second kappa shape index (κ2) is 2.99. The van der Waals surface area contributed by atoms with Gasteiger partial charge in [0.05, 0.1) is 0 Å². The first-order valence-corrected chi connectivity index (χ1v) is 3.88. The van der Waals surface area contributed by atoms with E-state index >= 15 is 0 Å². The molecule has 2 rings (SSSR count). The molecule has 1 atom stereocenters. The quantitative estimate of drug-likeness (QED) is 0.675. The molecule has 12 heavy (non-hydrogen) atoms. The fraction of sp³-hybridized carbons (Fsp3) is 0.200. The Labute approximate surface area is 71.9 Å². The van der Waals surface area contributed by atoms with Crippen LogP contribution in [0.2, 0.25) is 0 Å². The first-order valence-electron chi connectivity index (χ1n) is 3.88. The molecule has 0 amide bonds. The van der Waals surface area contributed by atoms with Crippen LogP contribution in [0.25, 0.3) is 6.08 Å². The van der Waals surface area contributed by atoms with Gasteiger partial charge in [0, 0.05) is 12.7 Å². The SMILES string of the molecule is COC1NC=Cc2ccc[c]c21. The third kappa shape index (κ3) is 1.10. The van der Waals surface area contributed by atoms with Crippen LogP contribution in [0.3, 0.4) is 0 Å². The van der Waals surface area contributed by atoms with Gasteiger partial charge in [0.25, 0.3) is 0 Å². The van der Waals surface area contributed by atoms with E-state index in [-0.39, 0.29) is 6.23 Å². The zero-order chi connectivity index (χ0) is 8.39. The van der Waals surface area contributed by atoms with Gasteiger partial charge in [-0.25, -0.2) is 0 Å². The van der Waals surface area contributed by atoms with E-state index in [4.69, 9.17) is 4.74 Å². The minimum Gasteiger partial charge on any atom is -0.362 e. The number of benzene rings is 1. The van der Waals surface area contributed by atoms with Gasteiger partial charge in [0.1, 0.15) is 0 Å². The Morgan fingerprint density at radius 1 is 1.58 bits per heavy atom. The molecule has 1 aromatic carbocycles. The van der Waals surface area contributed by atoms with E-state index in [1.807, 2.05) is 24.4 Å². The van der Waals surface area contributed by atoms with Gasteiger partial charge >= 0.3 is 0 Å². The molecule has 0 fully saturated rings. The lowest BCUT2D eigenvalue weighted by Gasteiger charge is -2.21. The van der Waals surface area contributed by atoms with Crippen molar-refractivity contribution in [3.63, 3.8) is 0 Å². The number of fused-ring (bicyclic) bond motifs is 1. The number of ether oxygens (including phenoxy) is 1. The van der Waals surface area contributed by atoms with Crippen molar-refractivity contribution in [3.8, 4) is 0 Å². The molecule has 2 nitrogen and oxygen atoms in total. The summed E-state index contributed by atoms with van der Waals surface area (Å²) in [5, 5.41) is 3.09. The topological polar surface area (TPSA) is 21.3 Å². The average Bonchev–Trinajstić information content (AvgIpc) is 2.17. The van der Waals surface area contributed by atoms with Crippen LogP contribution in [0.15, 0.2) is 24.4 Å². The predicted octanol–water partition coefficient (Wildman–Crippen LogP) is 1.71. The summed E-state index contributed by atoms with van der Waals surface area (Å²) in [6.45, 7) is 0. The average molecular weight is 160 g/mol. The highest BCUT2D eigenvalue weighted by Crippen LogP contribution is 2.22. The highest BCUT2D eigenvalue weighted by atomic mass is 16.5. The normalized spacial score (nSPS) is 19.9. The highest BCUT2D eigenvalue weighted by Gasteiger charge is 2.14. The van der Waals surface area contributed by atoms with Gasteiger partial charge in [-0.2, -0.15) is 0 Å². The molecule has 0 aromatic heterocycles. The van der Waals surface area contributed by atoms with Crippen LogP contribution >= 0.6 is 0 Å². The van der Waals surface area contributed by atoms with Gasteiger partial charge in [-0.1, -0.05) is 18.2 Å². The van der Waals surface area contributed by atoms with E-state index in [1.54, 1.807) is 7.11 Å².